The Morgan fingerprint density at radius 3 is 2.73 bits per heavy atom. The molecular formula is C20H27FN4O. The lowest BCUT2D eigenvalue weighted by atomic mass is 10.1. The minimum Gasteiger partial charge on any atom is -0.468 e. The summed E-state index contributed by atoms with van der Waals surface area (Å²) < 4.78 is 19.0. The molecule has 3 rings (SSSR count). The van der Waals surface area contributed by atoms with Crippen LogP contribution in [0.4, 0.5) is 4.39 Å². The van der Waals surface area contributed by atoms with Crippen molar-refractivity contribution >= 4 is 5.96 Å². The van der Waals surface area contributed by atoms with Crippen molar-refractivity contribution < 1.29 is 8.81 Å². The molecule has 2 N–H and O–H groups in total. The van der Waals surface area contributed by atoms with E-state index in [4.69, 9.17) is 4.42 Å². The Kier molecular flexibility index (Phi) is 6.66. The number of nitrogens with zero attached hydrogens (tertiary/aromatic N) is 2. The van der Waals surface area contributed by atoms with Gasteiger partial charge in [0.1, 0.15) is 11.6 Å². The highest BCUT2D eigenvalue weighted by Crippen LogP contribution is 2.24. The van der Waals surface area contributed by atoms with E-state index in [0.29, 0.717) is 19.0 Å². The van der Waals surface area contributed by atoms with Crippen LogP contribution >= 0.6 is 0 Å². The predicted octanol–water partition coefficient (Wildman–Crippen LogP) is 3.31. The van der Waals surface area contributed by atoms with Gasteiger partial charge in [0.2, 0.25) is 0 Å². The molecule has 6 heteroatoms. The molecule has 0 radical (unpaired) electrons. The summed E-state index contributed by atoms with van der Waals surface area (Å²) in [7, 11) is 1.74. The zero-order valence-electron chi connectivity index (χ0n) is 15.2. The minimum absolute atomic E-state index is 0.179. The van der Waals surface area contributed by atoms with E-state index in [1.165, 1.54) is 31.4 Å². The highest BCUT2D eigenvalue weighted by atomic mass is 19.1. The van der Waals surface area contributed by atoms with Crippen molar-refractivity contribution in [2.45, 2.75) is 31.8 Å². The zero-order valence-corrected chi connectivity index (χ0v) is 15.2. The zero-order chi connectivity index (χ0) is 18.2. The first-order valence-corrected chi connectivity index (χ1v) is 9.22. The summed E-state index contributed by atoms with van der Waals surface area (Å²) >= 11 is 0. The van der Waals surface area contributed by atoms with Crippen LogP contribution in [0.25, 0.3) is 0 Å². The van der Waals surface area contributed by atoms with E-state index >= 15 is 0 Å². The Morgan fingerprint density at radius 2 is 2.04 bits per heavy atom. The van der Waals surface area contributed by atoms with Crippen molar-refractivity contribution in [3.8, 4) is 0 Å². The van der Waals surface area contributed by atoms with Crippen molar-refractivity contribution in [1.29, 1.82) is 0 Å². The molecule has 1 aliphatic heterocycles. The van der Waals surface area contributed by atoms with Gasteiger partial charge in [-0.3, -0.25) is 9.89 Å². The van der Waals surface area contributed by atoms with Crippen molar-refractivity contribution in [2.75, 3.05) is 26.7 Å². The molecule has 1 aromatic carbocycles. The third-order valence-corrected chi connectivity index (χ3v) is 4.74. The Balaban J connectivity index is 1.57. The van der Waals surface area contributed by atoms with Gasteiger partial charge >= 0.3 is 0 Å². The third-order valence-electron chi connectivity index (χ3n) is 4.74. The number of likely N-dealkylation sites (tertiary alicyclic amines) is 1. The number of furan rings is 1. The minimum atomic E-state index is -0.227. The van der Waals surface area contributed by atoms with Crippen LogP contribution in [0.3, 0.4) is 0 Å². The SMILES string of the molecule is CN=C(NCc1cccc(F)c1)NCC(c1ccco1)N1CCCCC1. The molecule has 0 bridgehead atoms. The van der Waals surface area contributed by atoms with Gasteiger partial charge in [0.15, 0.2) is 5.96 Å². The molecule has 1 fully saturated rings. The predicted molar refractivity (Wildman–Crippen MR) is 101 cm³/mol. The molecule has 140 valence electrons. The molecule has 1 unspecified atom stereocenters. The topological polar surface area (TPSA) is 52.8 Å². The molecule has 1 aromatic heterocycles. The van der Waals surface area contributed by atoms with E-state index in [1.54, 1.807) is 19.4 Å². The van der Waals surface area contributed by atoms with Crippen molar-refractivity contribution in [1.82, 2.24) is 15.5 Å². The number of guanidine groups is 1. The molecule has 0 aliphatic carbocycles. The summed E-state index contributed by atoms with van der Waals surface area (Å²) in [5.41, 5.74) is 0.881. The first-order chi connectivity index (χ1) is 12.8. The normalized spacial score (nSPS) is 17.1. The molecule has 2 heterocycles. The highest BCUT2D eigenvalue weighted by molar-refractivity contribution is 5.79. The van der Waals surface area contributed by atoms with Crippen LogP contribution < -0.4 is 10.6 Å². The van der Waals surface area contributed by atoms with Crippen molar-refractivity contribution in [3.63, 3.8) is 0 Å². The lowest BCUT2D eigenvalue weighted by Crippen LogP contribution is -2.44. The van der Waals surface area contributed by atoms with Gasteiger partial charge < -0.3 is 15.1 Å². The monoisotopic (exact) mass is 358 g/mol. The molecule has 1 atom stereocenters. The quantitative estimate of drug-likeness (QED) is 0.614. The van der Waals surface area contributed by atoms with Crippen molar-refractivity contribution in [3.05, 3.63) is 59.8 Å². The van der Waals surface area contributed by atoms with Crippen LogP contribution in [0.1, 0.15) is 36.6 Å². The summed E-state index contributed by atoms with van der Waals surface area (Å²) in [6.45, 7) is 3.40. The van der Waals surface area contributed by atoms with Gasteiger partial charge in [-0.1, -0.05) is 18.6 Å². The van der Waals surface area contributed by atoms with Gasteiger partial charge in [0.25, 0.3) is 0 Å². The summed E-state index contributed by atoms with van der Waals surface area (Å²) in [6.07, 6.45) is 5.47. The number of piperidine rings is 1. The average molecular weight is 358 g/mol. The molecule has 1 aliphatic rings. The van der Waals surface area contributed by atoms with E-state index < -0.39 is 0 Å². The number of hydrogen-bond donors (Lipinski definition) is 2. The highest BCUT2D eigenvalue weighted by Gasteiger charge is 2.24. The van der Waals surface area contributed by atoms with Crippen LogP contribution in [0.2, 0.25) is 0 Å². The Bertz CT molecular complexity index is 696. The maximum atomic E-state index is 13.3. The van der Waals surface area contributed by atoms with Gasteiger partial charge in [-0.05, 0) is 55.8 Å². The fraction of sp³-hybridized carbons (Fsp3) is 0.450. The molecule has 5 nitrogen and oxygen atoms in total. The van der Waals surface area contributed by atoms with Crippen LogP contribution in [-0.4, -0.2) is 37.5 Å². The van der Waals surface area contributed by atoms with E-state index in [0.717, 1.165) is 24.4 Å². The van der Waals surface area contributed by atoms with Gasteiger partial charge in [-0.25, -0.2) is 4.39 Å². The summed E-state index contributed by atoms with van der Waals surface area (Å²) in [5, 5.41) is 6.62. The number of aliphatic imine (C=N–C) groups is 1. The molecule has 0 amide bonds. The summed E-state index contributed by atoms with van der Waals surface area (Å²) in [6, 6.07) is 10.7. The Morgan fingerprint density at radius 1 is 1.19 bits per heavy atom. The van der Waals surface area contributed by atoms with Crippen LogP contribution in [-0.2, 0) is 6.54 Å². The average Bonchev–Trinajstić information content (AvgIpc) is 3.20. The first kappa shape index (κ1) is 18.5. The standard InChI is InChI=1S/C20H27FN4O/c1-22-20(23-14-16-7-5-8-17(21)13-16)24-15-18(19-9-6-12-26-19)25-10-3-2-4-11-25/h5-9,12-13,18H,2-4,10-11,14-15H2,1H3,(H2,22,23,24). The van der Waals surface area contributed by atoms with Crippen LogP contribution in [0.5, 0.6) is 0 Å². The second-order valence-corrected chi connectivity index (χ2v) is 6.56. The first-order valence-electron chi connectivity index (χ1n) is 9.22. The molecule has 2 aromatic rings. The Hall–Kier alpha value is -2.34. The molecule has 0 saturated carbocycles. The maximum absolute atomic E-state index is 13.3. The number of hydrogen-bond acceptors (Lipinski definition) is 3. The van der Waals surface area contributed by atoms with Gasteiger partial charge in [-0.15, -0.1) is 0 Å². The van der Waals surface area contributed by atoms with E-state index in [1.807, 2.05) is 18.2 Å². The molecule has 26 heavy (non-hydrogen) atoms. The van der Waals surface area contributed by atoms with Gasteiger partial charge in [-0.2, -0.15) is 0 Å². The second kappa shape index (κ2) is 9.38. The van der Waals surface area contributed by atoms with E-state index in [2.05, 4.69) is 20.5 Å². The number of rotatable bonds is 6. The largest absolute Gasteiger partial charge is 0.468 e. The lowest BCUT2D eigenvalue weighted by Gasteiger charge is -2.33. The van der Waals surface area contributed by atoms with E-state index in [9.17, 15) is 4.39 Å². The fourth-order valence-corrected chi connectivity index (χ4v) is 3.37. The van der Waals surface area contributed by atoms with Crippen LogP contribution in [0, 0.1) is 5.82 Å². The Labute approximate surface area is 154 Å². The molecule has 0 spiro atoms. The van der Waals surface area contributed by atoms with Gasteiger partial charge in [0.05, 0.1) is 12.3 Å². The van der Waals surface area contributed by atoms with Gasteiger partial charge in [0, 0.05) is 20.1 Å². The lowest BCUT2D eigenvalue weighted by molar-refractivity contribution is 0.146. The molecular weight excluding hydrogens is 331 g/mol. The summed E-state index contributed by atoms with van der Waals surface area (Å²) in [4.78, 5) is 6.74. The smallest absolute Gasteiger partial charge is 0.191 e. The number of benzene rings is 1. The fourth-order valence-electron chi connectivity index (χ4n) is 3.37. The number of halogens is 1. The van der Waals surface area contributed by atoms with Crippen LogP contribution in [0.15, 0.2) is 52.1 Å². The second-order valence-electron chi connectivity index (χ2n) is 6.56. The number of nitrogens with one attached hydrogen (secondary N) is 2. The van der Waals surface area contributed by atoms with Crippen molar-refractivity contribution in [2.24, 2.45) is 4.99 Å². The maximum Gasteiger partial charge on any atom is 0.191 e. The molecule has 1 saturated heterocycles. The van der Waals surface area contributed by atoms with E-state index in [-0.39, 0.29) is 11.9 Å². The third kappa shape index (κ3) is 5.08. The summed E-state index contributed by atoms with van der Waals surface area (Å²) in [5.74, 6) is 1.44.